The average Bonchev–Trinajstić information content (AvgIpc) is 2.38. The summed E-state index contributed by atoms with van der Waals surface area (Å²) in [6.45, 7) is 0.129. The molecule has 2 rings (SSSR count). The lowest BCUT2D eigenvalue weighted by Crippen LogP contribution is -2.04. The number of carbonyl (C=O) groups is 1. The van der Waals surface area contributed by atoms with Gasteiger partial charge in [-0.1, -0.05) is 28.1 Å². The first-order chi connectivity index (χ1) is 9.49. The second-order valence-electron chi connectivity index (χ2n) is 3.95. The van der Waals surface area contributed by atoms with Gasteiger partial charge in [0, 0.05) is 10.0 Å². The molecule has 2 aromatic carbocycles. The molecule has 3 nitrogen and oxygen atoms in total. The molecule has 2 aromatic rings. The predicted octanol–water partition coefficient (Wildman–Crippen LogP) is 4.63. The van der Waals surface area contributed by atoms with Crippen molar-refractivity contribution in [3.8, 4) is 5.75 Å². The number of aromatic carboxylic acids is 1. The number of carboxylic acid groups (broad SMARTS) is 1. The van der Waals surface area contributed by atoms with E-state index in [1.807, 2.05) is 0 Å². The van der Waals surface area contributed by atoms with Gasteiger partial charge in [0.05, 0.1) is 4.47 Å². The first-order valence-electron chi connectivity index (χ1n) is 5.57. The Labute approximate surface area is 131 Å². The number of halogens is 3. The van der Waals surface area contributed by atoms with Gasteiger partial charge in [-0.3, -0.25) is 0 Å². The highest BCUT2D eigenvalue weighted by Gasteiger charge is 2.14. The van der Waals surface area contributed by atoms with Gasteiger partial charge in [-0.25, -0.2) is 9.18 Å². The lowest BCUT2D eigenvalue weighted by molar-refractivity contribution is 0.0691. The quantitative estimate of drug-likeness (QED) is 0.809. The summed E-state index contributed by atoms with van der Waals surface area (Å²) in [6, 6.07) is 9.01. The number of carboxylic acids is 1. The molecule has 0 aromatic heterocycles. The number of hydrogen-bond acceptors (Lipinski definition) is 2. The van der Waals surface area contributed by atoms with Crippen LogP contribution in [0.15, 0.2) is 45.3 Å². The number of hydrogen-bond donors (Lipinski definition) is 1. The van der Waals surface area contributed by atoms with E-state index in [0.29, 0.717) is 8.95 Å². The molecule has 0 amide bonds. The largest absolute Gasteiger partial charge is 0.487 e. The van der Waals surface area contributed by atoms with Gasteiger partial charge in [0.15, 0.2) is 0 Å². The fraction of sp³-hybridized carbons (Fsp3) is 0.0714. The van der Waals surface area contributed by atoms with Crippen LogP contribution >= 0.6 is 31.9 Å². The summed E-state index contributed by atoms with van der Waals surface area (Å²) in [5.74, 6) is -1.18. The van der Waals surface area contributed by atoms with Gasteiger partial charge in [0.2, 0.25) is 0 Å². The minimum absolute atomic E-state index is 0.0672. The lowest BCUT2D eigenvalue weighted by atomic mass is 10.2. The minimum atomic E-state index is -1.07. The van der Waals surface area contributed by atoms with Crippen LogP contribution in [0.1, 0.15) is 15.9 Å². The highest BCUT2D eigenvalue weighted by Crippen LogP contribution is 2.30. The smallest absolute Gasteiger partial charge is 0.339 e. The third-order valence-corrected chi connectivity index (χ3v) is 3.95. The molecule has 6 heteroatoms. The second-order valence-corrected chi connectivity index (χ2v) is 5.65. The monoisotopic (exact) mass is 402 g/mol. The molecule has 0 saturated heterocycles. The van der Waals surface area contributed by atoms with Crippen molar-refractivity contribution in [3.63, 3.8) is 0 Å². The van der Waals surface area contributed by atoms with Crippen LogP contribution in [-0.4, -0.2) is 11.1 Å². The third-order valence-electron chi connectivity index (χ3n) is 2.58. The van der Waals surface area contributed by atoms with Gasteiger partial charge >= 0.3 is 5.97 Å². The molecule has 0 bridgehead atoms. The van der Waals surface area contributed by atoms with Gasteiger partial charge in [-0.15, -0.1) is 0 Å². The van der Waals surface area contributed by atoms with E-state index in [0.717, 1.165) is 5.56 Å². The fourth-order valence-electron chi connectivity index (χ4n) is 1.61. The summed E-state index contributed by atoms with van der Waals surface area (Å²) >= 11 is 6.50. The SMILES string of the molecule is O=C(O)c1cccc(Br)c1OCc1ccc(F)cc1Br. The molecule has 0 unspecified atom stereocenters. The highest BCUT2D eigenvalue weighted by molar-refractivity contribution is 9.10. The molecule has 1 N–H and O–H groups in total. The molecule has 20 heavy (non-hydrogen) atoms. The molecular weight excluding hydrogens is 395 g/mol. The van der Waals surface area contributed by atoms with E-state index in [9.17, 15) is 9.18 Å². The Morgan fingerprint density at radius 3 is 2.60 bits per heavy atom. The highest BCUT2D eigenvalue weighted by atomic mass is 79.9. The lowest BCUT2D eigenvalue weighted by Gasteiger charge is -2.12. The van der Waals surface area contributed by atoms with Crippen molar-refractivity contribution < 1.29 is 19.0 Å². The zero-order valence-electron chi connectivity index (χ0n) is 10.1. The maximum absolute atomic E-state index is 13.0. The summed E-state index contributed by atoms with van der Waals surface area (Å²) < 4.78 is 19.7. The molecule has 0 aliphatic carbocycles. The Balaban J connectivity index is 2.25. The Morgan fingerprint density at radius 1 is 1.20 bits per heavy atom. The van der Waals surface area contributed by atoms with E-state index >= 15 is 0 Å². The van der Waals surface area contributed by atoms with Crippen LogP contribution in [0.2, 0.25) is 0 Å². The van der Waals surface area contributed by atoms with Crippen LogP contribution in [0.25, 0.3) is 0 Å². The van der Waals surface area contributed by atoms with Gasteiger partial charge in [0.1, 0.15) is 23.7 Å². The Kier molecular flexibility index (Phi) is 4.77. The van der Waals surface area contributed by atoms with Crippen molar-refractivity contribution in [2.75, 3.05) is 0 Å². The first-order valence-corrected chi connectivity index (χ1v) is 7.16. The fourth-order valence-corrected chi connectivity index (χ4v) is 2.56. The molecule has 0 aliphatic rings. The van der Waals surface area contributed by atoms with Crippen LogP contribution in [0, 0.1) is 5.82 Å². The first kappa shape index (κ1) is 15.0. The summed E-state index contributed by atoms with van der Waals surface area (Å²) in [6.07, 6.45) is 0. The molecule has 0 saturated carbocycles. The molecule has 0 radical (unpaired) electrons. The number of rotatable bonds is 4. The van der Waals surface area contributed by atoms with Crippen molar-refractivity contribution in [1.29, 1.82) is 0 Å². The summed E-state index contributed by atoms with van der Waals surface area (Å²) in [5.41, 5.74) is 0.788. The van der Waals surface area contributed by atoms with E-state index < -0.39 is 5.97 Å². The Bertz CT molecular complexity index is 659. The zero-order valence-corrected chi connectivity index (χ0v) is 13.2. The summed E-state index contributed by atoms with van der Waals surface area (Å²) in [4.78, 5) is 11.1. The maximum Gasteiger partial charge on any atom is 0.339 e. The van der Waals surface area contributed by atoms with Crippen LogP contribution in [0.5, 0.6) is 5.75 Å². The van der Waals surface area contributed by atoms with Crippen molar-refractivity contribution >= 4 is 37.8 Å². The predicted molar refractivity (Wildman–Crippen MR) is 79.5 cm³/mol. The topological polar surface area (TPSA) is 46.5 Å². The van der Waals surface area contributed by atoms with Crippen molar-refractivity contribution in [3.05, 3.63) is 62.3 Å². The van der Waals surface area contributed by atoms with Crippen LogP contribution < -0.4 is 4.74 Å². The van der Waals surface area contributed by atoms with Gasteiger partial charge in [0.25, 0.3) is 0 Å². The second kappa shape index (κ2) is 6.37. The molecule has 0 atom stereocenters. The van der Waals surface area contributed by atoms with Gasteiger partial charge in [-0.2, -0.15) is 0 Å². The number of para-hydroxylation sites is 1. The molecule has 0 fully saturated rings. The molecule has 0 aliphatic heterocycles. The molecule has 0 spiro atoms. The summed E-state index contributed by atoms with van der Waals surface area (Å²) in [7, 11) is 0. The summed E-state index contributed by atoms with van der Waals surface area (Å²) in [5, 5.41) is 9.12. The van der Waals surface area contributed by atoms with Crippen molar-refractivity contribution in [2.24, 2.45) is 0 Å². The van der Waals surface area contributed by atoms with Crippen molar-refractivity contribution in [1.82, 2.24) is 0 Å². The Morgan fingerprint density at radius 2 is 1.95 bits per heavy atom. The normalized spacial score (nSPS) is 10.3. The molecular formula is C14H9Br2FO3. The van der Waals surface area contributed by atoms with Gasteiger partial charge in [-0.05, 0) is 40.2 Å². The van der Waals surface area contributed by atoms with E-state index in [1.165, 1.54) is 18.2 Å². The zero-order chi connectivity index (χ0) is 14.7. The van der Waals surface area contributed by atoms with Crippen LogP contribution in [-0.2, 0) is 6.61 Å². The van der Waals surface area contributed by atoms with E-state index in [-0.39, 0.29) is 23.7 Å². The Hall–Kier alpha value is -1.40. The van der Waals surface area contributed by atoms with E-state index in [1.54, 1.807) is 18.2 Å². The standard InChI is InChI=1S/C14H9Br2FO3/c15-11-3-1-2-10(14(18)19)13(11)20-7-8-4-5-9(17)6-12(8)16/h1-6H,7H2,(H,18,19). The van der Waals surface area contributed by atoms with Crippen LogP contribution in [0.4, 0.5) is 4.39 Å². The third kappa shape index (κ3) is 3.37. The number of ether oxygens (including phenoxy) is 1. The average molecular weight is 404 g/mol. The molecule has 0 heterocycles. The maximum atomic E-state index is 13.0. The van der Waals surface area contributed by atoms with Gasteiger partial charge < -0.3 is 9.84 Å². The van der Waals surface area contributed by atoms with E-state index in [2.05, 4.69) is 31.9 Å². The number of benzene rings is 2. The van der Waals surface area contributed by atoms with E-state index in [4.69, 9.17) is 9.84 Å². The molecule has 104 valence electrons. The van der Waals surface area contributed by atoms with Crippen LogP contribution in [0.3, 0.4) is 0 Å². The van der Waals surface area contributed by atoms with Crippen molar-refractivity contribution in [2.45, 2.75) is 6.61 Å². The minimum Gasteiger partial charge on any atom is -0.487 e.